The van der Waals surface area contributed by atoms with Crippen molar-refractivity contribution < 1.29 is 24.6 Å². The number of rotatable bonds is 7. The van der Waals surface area contributed by atoms with E-state index in [1.165, 1.54) is 10.5 Å². The van der Waals surface area contributed by atoms with Crippen LogP contribution in [0.2, 0.25) is 0 Å². The van der Waals surface area contributed by atoms with E-state index in [4.69, 9.17) is 10.8 Å². The summed E-state index contributed by atoms with van der Waals surface area (Å²) in [5, 5.41) is 25.0. The number of piperidine rings is 3. The molecule has 212 valence electrons. The summed E-state index contributed by atoms with van der Waals surface area (Å²) in [6.45, 7) is 7.24. The van der Waals surface area contributed by atoms with Crippen LogP contribution in [0.15, 0.2) is 59.9 Å². The third-order valence-electron chi connectivity index (χ3n) is 8.47. The smallest absolute Gasteiger partial charge is 0.253 e. The first kappa shape index (κ1) is 28.8. The van der Waals surface area contributed by atoms with Crippen molar-refractivity contribution in [1.82, 2.24) is 20.4 Å². The van der Waals surface area contributed by atoms with Gasteiger partial charge >= 0.3 is 0 Å². The van der Waals surface area contributed by atoms with Gasteiger partial charge in [0, 0.05) is 44.5 Å². The number of nitrogens with zero attached hydrogens (tertiary/aromatic N) is 2. The molecular weight excluding hydrogens is 498 g/mol. The molecule has 0 bridgehead atoms. The molecule has 4 aliphatic rings. The van der Waals surface area contributed by atoms with Crippen molar-refractivity contribution in [3.8, 4) is 0 Å². The van der Waals surface area contributed by atoms with Gasteiger partial charge < -0.3 is 36.4 Å². The molecule has 3 saturated heterocycles. The summed E-state index contributed by atoms with van der Waals surface area (Å²) in [6.07, 6.45) is 12.6. The number of amides is 3. The van der Waals surface area contributed by atoms with Gasteiger partial charge in [-0.25, -0.2) is 0 Å². The number of likely N-dealkylation sites (tertiary alicyclic amines) is 2. The number of hydrogen-bond donors (Lipinski definition) is 5. The number of fused-ring (bicyclic) bond motifs is 1. The Kier molecular flexibility index (Phi) is 9.09. The largest absolute Gasteiger partial charge is 0.393 e. The van der Waals surface area contributed by atoms with E-state index in [1.54, 1.807) is 18.4 Å². The molecule has 4 rings (SSSR count). The Balaban J connectivity index is 1.33. The van der Waals surface area contributed by atoms with Gasteiger partial charge in [0.2, 0.25) is 11.8 Å². The van der Waals surface area contributed by atoms with E-state index < -0.39 is 24.0 Å². The van der Waals surface area contributed by atoms with Crippen molar-refractivity contribution in [3.05, 3.63) is 59.9 Å². The first-order valence-corrected chi connectivity index (χ1v) is 13.8. The van der Waals surface area contributed by atoms with Gasteiger partial charge in [-0.05, 0) is 55.2 Å². The molecule has 4 aliphatic heterocycles. The highest BCUT2D eigenvalue weighted by Gasteiger charge is 2.47. The summed E-state index contributed by atoms with van der Waals surface area (Å²) >= 11 is 0. The van der Waals surface area contributed by atoms with Crippen LogP contribution in [0.25, 0.3) is 0 Å². The number of nitrogens with two attached hydrogens (primary N) is 1. The molecule has 1 spiro atoms. The number of allylic oxidation sites excluding steroid dienone is 3. The minimum Gasteiger partial charge on any atom is -0.393 e. The van der Waals surface area contributed by atoms with Gasteiger partial charge in [0.1, 0.15) is 6.17 Å². The van der Waals surface area contributed by atoms with Crippen LogP contribution in [0, 0.1) is 11.3 Å². The highest BCUT2D eigenvalue weighted by Crippen LogP contribution is 2.42. The van der Waals surface area contributed by atoms with Crippen LogP contribution in [0.3, 0.4) is 0 Å². The van der Waals surface area contributed by atoms with E-state index in [2.05, 4.69) is 23.3 Å². The molecule has 0 aromatic carbocycles. The monoisotopic (exact) mass is 539 g/mol. The van der Waals surface area contributed by atoms with E-state index in [-0.39, 0.29) is 29.9 Å². The summed E-state index contributed by atoms with van der Waals surface area (Å²) in [6, 6.07) is -0.0554. The van der Waals surface area contributed by atoms with Crippen LogP contribution >= 0.6 is 0 Å². The van der Waals surface area contributed by atoms with Crippen molar-refractivity contribution in [2.45, 2.75) is 57.3 Å². The summed E-state index contributed by atoms with van der Waals surface area (Å²) < 4.78 is 0. The van der Waals surface area contributed by atoms with Gasteiger partial charge in [0.15, 0.2) is 6.10 Å². The Labute approximate surface area is 230 Å². The van der Waals surface area contributed by atoms with Crippen LogP contribution in [0.5, 0.6) is 0 Å². The Bertz CT molecular complexity index is 1090. The normalized spacial score (nSPS) is 25.1. The lowest BCUT2D eigenvalue weighted by atomic mass is 9.69. The number of aliphatic hydroxyl groups excluding tert-OH is 2. The second-order valence-electron chi connectivity index (χ2n) is 11.1. The zero-order chi connectivity index (χ0) is 28.2. The predicted molar refractivity (Wildman–Crippen MR) is 148 cm³/mol. The highest BCUT2D eigenvalue weighted by molar-refractivity contribution is 5.89. The molecule has 0 radical (unpaired) electrons. The number of hydrogen-bond acceptors (Lipinski definition) is 7. The molecular formula is C29H41N5O5. The standard InChI is InChI=1S/C29H41N5O5/c1-3-19(2)23(30)15-20-6-10-33(11-7-20)25(37)5-4-21-14-22-16-29(28(39)32-26(22)31-17-21)8-12-34(13-9-29)27(38)24(36)18-35/h3-5,14-15,17,19,23-24,26,31,35-36H,1,6-13,16,18,30H2,2H3,(H,32,39)/b5-4+/t19?,23?,24?,26-/m1/s1. The molecule has 3 fully saturated rings. The number of aliphatic hydroxyl groups is 2. The zero-order valence-electron chi connectivity index (χ0n) is 22.6. The number of carbonyl (C=O) groups excluding carboxylic acids is 3. The van der Waals surface area contributed by atoms with Crippen molar-refractivity contribution >= 4 is 17.7 Å². The maximum Gasteiger partial charge on any atom is 0.253 e. The highest BCUT2D eigenvalue weighted by atomic mass is 16.3. The summed E-state index contributed by atoms with van der Waals surface area (Å²) in [4.78, 5) is 41.4. The third kappa shape index (κ3) is 6.51. The molecule has 10 nitrogen and oxygen atoms in total. The van der Waals surface area contributed by atoms with Crippen molar-refractivity contribution in [3.63, 3.8) is 0 Å². The molecule has 0 aromatic rings. The van der Waals surface area contributed by atoms with E-state index >= 15 is 0 Å². The molecule has 10 heteroatoms. The van der Waals surface area contributed by atoms with Gasteiger partial charge in [0.25, 0.3) is 5.91 Å². The Morgan fingerprint density at radius 1 is 1.23 bits per heavy atom. The number of dihydropyridines is 1. The molecule has 0 aliphatic carbocycles. The van der Waals surface area contributed by atoms with Gasteiger partial charge in [-0.15, -0.1) is 6.58 Å². The molecule has 4 atom stereocenters. The lowest BCUT2D eigenvalue weighted by Crippen LogP contribution is -2.60. The maximum atomic E-state index is 13.0. The second-order valence-corrected chi connectivity index (χ2v) is 11.1. The molecule has 0 saturated carbocycles. The molecule has 3 amide bonds. The molecule has 39 heavy (non-hydrogen) atoms. The van der Waals surface area contributed by atoms with Crippen LogP contribution in [0.4, 0.5) is 0 Å². The topological polar surface area (TPSA) is 148 Å². The Morgan fingerprint density at radius 3 is 2.56 bits per heavy atom. The van der Waals surface area contributed by atoms with Crippen molar-refractivity contribution in [2.75, 3.05) is 32.8 Å². The predicted octanol–water partition coefficient (Wildman–Crippen LogP) is 0.462. The van der Waals surface area contributed by atoms with Crippen molar-refractivity contribution in [2.24, 2.45) is 17.1 Å². The average molecular weight is 540 g/mol. The lowest BCUT2D eigenvalue weighted by molar-refractivity contribution is -0.148. The third-order valence-corrected chi connectivity index (χ3v) is 8.47. The minimum atomic E-state index is -1.43. The first-order valence-electron chi connectivity index (χ1n) is 13.8. The molecule has 6 N–H and O–H groups in total. The van der Waals surface area contributed by atoms with Gasteiger partial charge in [-0.3, -0.25) is 14.4 Å². The molecule has 3 unspecified atom stereocenters. The fourth-order valence-electron chi connectivity index (χ4n) is 5.65. The second kappa shape index (κ2) is 12.3. The fraction of sp³-hybridized carbons (Fsp3) is 0.552. The Morgan fingerprint density at radius 2 is 1.92 bits per heavy atom. The SMILES string of the molecule is C=CC(C)C(N)C=C1CCN(C(=O)/C=C/C2=CN[C@@H]3NC(=O)C4(CCN(C(=O)C(O)CO)CC4)CC3=C2)CC1. The summed E-state index contributed by atoms with van der Waals surface area (Å²) in [7, 11) is 0. The summed E-state index contributed by atoms with van der Waals surface area (Å²) in [5.74, 6) is -0.379. The van der Waals surface area contributed by atoms with Gasteiger partial charge in [0.05, 0.1) is 12.0 Å². The number of nitrogens with one attached hydrogen (secondary N) is 2. The van der Waals surface area contributed by atoms with Crippen LogP contribution < -0.4 is 16.4 Å². The Hall–Kier alpha value is -3.21. The van der Waals surface area contributed by atoms with Crippen LogP contribution in [-0.2, 0) is 14.4 Å². The van der Waals surface area contributed by atoms with E-state index in [9.17, 15) is 19.5 Å². The van der Waals surface area contributed by atoms with Crippen LogP contribution in [-0.4, -0.2) is 88.8 Å². The maximum absolute atomic E-state index is 13.0. The van der Waals surface area contributed by atoms with E-state index in [0.717, 1.165) is 24.0 Å². The van der Waals surface area contributed by atoms with Crippen LogP contribution in [0.1, 0.15) is 39.0 Å². The zero-order valence-corrected chi connectivity index (χ0v) is 22.6. The first-order chi connectivity index (χ1) is 18.7. The van der Waals surface area contributed by atoms with Gasteiger partial charge in [-0.2, -0.15) is 0 Å². The minimum absolute atomic E-state index is 0.0326. The lowest BCUT2D eigenvalue weighted by Gasteiger charge is -2.46. The van der Waals surface area contributed by atoms with Gasteiger partial charge in [-0.1, -0.05) is 30.7 Å². The van der Waals surface area contributed by atoms with E-state index in [0.29, 0.717) is 45.4 Å². The quantitative estimate of drug-likeness (QED) is 0.233. The average Bonchev–Trinajstić information content (AvgIpc) is 2.96. The fourth-order valence-corrected chi connectivity index (χ4v) is 5.65. The summed E-state index contributed by atoms with van der Waals surface area (Å²) in [5.41, 5.74) is 8.74. The molecule has 0 aromatic heterocycles. The molecule has 4 heterocycles. The number of carbonyl (C=O) groups is 3. The van der Waals surface area contributed by atoms with E-state index in [1.807, 2.05) is 24.0 Å². The van der Waals surface area contributed by atoms with Crippen molar-refractivity contribution in [1.29, 1.82) is 0 Å².